The number of Topliss-reactive ketones (excluding diaryl/α,β-unsaturated/α-hetero) is 1. The van der Waals surface area contributed by atoms with Crippen LogP contribution in [0.4, 0.5) is 4.39 Å². The molecular formula is C15H11FO2. The molecule has 0 bridgehead atoms. The predicted octanol–water partition coefficient (Wildman–Crippen LogP) is 3.53. The molecule has 1 aromatic carbocycles. The monoisotopic (exact) mass is 242 g/mol. The summed E-state index contributed by atoms with van der Waals surface area (Å²) < 4.78 is 18.2. The summed E-state index contributed by atoms with van der Waals surface area (Å²) >= 11 is 0. The molecule has 1 aliphatic heterocycles. The lowest BCUT2D eigenvalue weighted by Gasteiger charge is -2.09. The largest absolute Gasteiger partial charge is 0.464 e. The van der Waals surface area contributed by atoms with Crippen LogP contribution in [0.15, 0.2) is 59.6 Å². The van der Waals surface area contributed by atoms with Gasteiger partial charge in [-0.3, -0.25) is 4.79 Å². The van der Waals surface area contributed by atoms with Gasteiger partial charge in [-0.25, -0.2) is 4.39 Å². The maximum Gasteiger partial charge on any atom is 0.192 e. The number of rotatable bonds is 2. The van der Waals surface area contributed by atoms with Crippen molar-refractivity contribution in [1.82, 2.24) is 0 Å². The highest BCUT2D eigenvalue weighted by Gasteiger charge is 2.27. The van der Waals surface area contributed by atoms with Crippen LogP contribution in [0.25, 0.3) is 0 Å². The predicted molar refractivity (Wildman–Crippen MR) is 65.3 cm³/mol. The van der Waals surface area contributed by atoms with E-state index in [1.54, 1.807) is 6.26 Å². The van der Waals surface area contributed by atoms with Gasteiger partial charge in [-0.1, -0.05) is 6.08 Å². The van der Waals surface area contributed by atoms with Crippen molar-refractivity contribution in [1.29, 1.82) is 0 Å². The molecule has 1 heterocycles. The van der Waals surface area contributed by atoms with Crippen LogP contribution in [0, 0.1) is 5.82 Å². The number of hydrogen-bond acceptors (Lipinski definition) is 2. The number of carbonyl (C=O) groups excluding carboxylic acids is 1. The number of carbonyl (C=O) groups is 1. The maximum atomic E-state index is 12.8. The fourth-order valence-electron chi connectivity index (χ4n) is 2.24. The van der Waals surface area contributed by atoms with E-state index in [9.17, 15) is 9.18 Å². The zero-order chi connectivity index (χ0) is 12.5. The average Bonchev–Trinajstić information content (AvgIpc) is 2.82. The molecular weight excluding hydrogens is 231 g/mol. The van der Waals surface area contributed by atoms with Crippen LogP contribution in [0.1, 0.15) is 23.2 Å². The third-order valence-electron chi connectivity index (χ3n) is 3.15. The van der Waals surface area contributed by atoms with Gasteiger partial charge in [0.25, 0.3) is 0 Å². The topological polar surface area (TPSA) is 26.3 Å². The van der Waals surface area contributed by atoms with Gasteiger partial charge < -0.3 is 4.74 Å². The molecule has 0 unspecified atom stereocenters. The Morgan fingerprint density at radius 2 is 1.94 bits per heavy atom. The number of fused-ring (bicyclic) bond motifs is 1. The number of ketones is 1. The van der Waals surface area contributed by atoms with E-state index in [-0.39, 0.29) is 11.6 Å². The highest BCUT2D eigenvalue weighted by Crippen LogP contribution is 2.35. The Bertz CT molecular complexity index is 591. The van der Waals surface area contributed by atoms with Crippen molar-refractivity contribution in [3.05, 3.63) is 71.0 Å². The van der Waals surface area contributed by atoms with E-state index in [2.05, 4.69) is 0 Å². The van der Waals surface area contributed by atoms with E-state index >= 15 is 0 Å². The second-order valence-corrected chi connectivity index (χ2v) is 4.28. The molecule has 0 saturated carbocycles. The van der Waals surface area contributed by atoms with E-state index in [4.69, 9.17) is 4.74 Å². The third-order valence-corrected chi connectivity index (χ3v) is 3.15. The standard InChI is InChI=1S/C15H11FO2/c16-12-6-3-10(4-7-12)14(17)13-8-5-11-2-1-9-18-15(11)13/h1-4,6-7,9H,5,8H2. The number of benzene rings is 1. The summed E-state index contributed by atoms with van der Waals surface area (Å²) in [4.78, 5) is 12.3. The summed E-state index contributed by atoms with van der Waals surface area (Å²) in [5.74, 6) is 0.253. The molecule has 1 aliphatic carbocycles. The molecule has 0 fully saturated rings. The Balaban J connectivity index is 1.96. The van der Waals surface area contributed by atoms with Crippen LogP contribution in [-0.4, -0.2) is 5.78 Å². The summed E-state index contributed by atoms with van der Waals surface area (Å²) in [6, 6.07) is 5.61. The van der Waals surface area contributed by atoms with Gasteiger partial charge in [0.15, 0.2) is 5.78 Å². The number of hydrogen-bond donors (Lipinski definition) is 0. The van der Waals surface area contributed by atoms with Crippen molar-refractivity contribution >= 4 is 5.78 Å². The number of allylic oxidation sites excluding steroid dienone is 4. The summed E-state index contributed by atoms with van der Waals surface area (Å²) in [5, 5.41) is 0. The molecule has 18 heavy (non-hydrogen) atoms. The van der Waals surface area contributed by atoms with Gasteiger partial charge in [-0.15, -0.1) is 0 Å². The molecule has 2 aliphatic rings. The zero-order valence-electron chi connectivity index (χ0n) is 9.65. The Labute approximate surface area is 104 Å². The van der Waals surface area contributed by atoms with E-state index < -0.39 is 0 Å². The van der Waals surface area contributed by atoms with Gasteiger partial charge in [0.05, 0.1) is 6.26 Å². The van der Waals surface area contributed by atoms with Gasteiger partial charge in [0, 0.05) is 11.1 Å². The first kappa shape index (κ1) is 11.0. The third kappa shape index (κ3) is 1.78. The lowest BCUT2D eigenvalue weighted by Crippen LogP contribution is -2.04. The SMILES string of the molecule is O=C(C1=C2OC=CC=C2CC1)c1ccc(F)cc1. The van der Waals surface area contributed by atoms with Gasteiger partial charge >= 0.3 is 0 Å². The van der Waals surface area contributed by atoms with Crippen LogP contribution in [0.3, 0.4) is 0 Å². The van der Waals surface area contributed by atoms with Gasteiger partial charge in [0.2, 0.25) is 0 Å². The van der Waals surface area contributed by atoms with Crippen LogP contribution >= 0.6 is 0 Å². The van der Waals surface area contributed by atoms with Crippen LogP contribution in [0.2, 0.25) is 0 Å². The lowest BCUT2D eigenvalue weighted by atomic mass is 10.0. The smallest absolute Gasteiger partial charge is 0.192 e. The normalized spacial score (nSPS) is 17.3. The van der Waals surface area contributed by atoms with Crippen molar-refractivity contribution < 1.29 is 13.9 Å². The van der Waals surface area contributed by atoms with Crippen LogP contribution < -0.4 is 0 Å². The molecule has 0 atom stereocenters. The molecule has 0 aromatic heterocycles. The summed E-state index contributed by atoms with van der Waals surface area (Å²) in [7, 11) is 0. The van der Waals surface area contributed by atoms with Crippen molar-refractivity contribution in [2.45, 2.75) is 12.8 Å². The van der Waals surface area contributed by atoms with E-state index in [1.807, 2.05) is 12.2 Å². The van der Waals surface area contributed by atoms with Crippen molar-refractivity contribution in [3.8, 4) is 0 Å². The second kappa shape index (κ2) is 4.26. The minimum absolute atomic E-state index is 0.0799. The lowest BCUT2D eigenvalue weighted by molar-refractivity contribution is 0.102. The van der Waals surface area contributed by atoms with E-state index in [0.717, 1.165) is 12.0 Å². The molecule has 3 heteroatoms. The molecule has 1 aromatic rings. The average molecular weight is 242 g/mol. The Hall–Kier alpha value is -2.16. The number of ether oxygens (including phenoxy) is 1. The second-order valence-electron chi connectivity index (χ2n) is 4.28. The van der Waals surface area contributed by atoms with Gasteiger partial charge in [-0.2, -0.15) is 0 Å². The van der Waals surface area contributed by atoms with Crippen LogP contribution in [0.5, 0.6) is 0 Å². The molecule has 0 spiro atoms. The van der Waals surface area contributed by atoms with E-state index in [0.29, 0.717) is 23.3 Å². The minimum atomic E-state index is -0.340. The van der Waals surface area contributed by atoms with E-state index in [1.165, 1.54) is 24.3 Å². The van der Waals surface area contributed by atoms with Gasteiger partial charge in [-0.05, 0) is 48.8 Å². The summed E-state index contributed by atoms with van der Waals surface area (Å²) in [6.45, 7) is 0. The quantitative estimate of drug-likeness (QED) is 0.741. The molecule has 0 saturated heterocycles. The maximum absolute atomic E-state index is 12.8. The molecule has 0 amide bonds. The highest BCUT2D eigenvalue weighted by atomic mass is 19.1. The molecule has 90 valence electrons. The summed E-state index contributed by atoms with van der Waals surface area (Å²) in [5.41, 5.74) is 2.23. The minimum Gasteiger partial charge on any atom is -0.464 e. The van der Waals surface area contributed by atoms with Crippen LogP contribution in [-0.2, 0) is 4.74 Å². The first-order valence-corrected chi connectivity index (χ1v) is 5.82. The van der Waals surface area contributed by atoms with Crippen molar-refractivity contribution in [2.75, 3.05) is 0 Å². The Morgan fingerprint density at radius 1 is 1.17 bits per heavy atom. The van der Waals surface area contributed by atoms with Gasteiger partial charge in [0.1, 0.15) is 11.6 Å². The van der Waals surface area contributed by atoms with Crippen molar-refractivity contribution in [3.63, 3.8) is 0 Å². The zero-order valence-corrected chi connectivity index (χ0v) is 9.65. The first-order valence-electron chi connectivity index (χ1n) is 5.82. The fraction of sp³-hybridized carbons (Fsp3) is 0.133. The first-order chi connectivity index (χ1) is 8.75. The molecule has 2 nitrogen and oxygen atoms in total. The van der Waals surface area contributed by atoms with Crippen molar-refractivity contribution in [2.24, 2.45) is 0 Å². The highest BCUT2D eigenvalue weighted by molar-refractivity contribution is 6.09. The molecule has 0 radical (unpaired) electrons. The summed E-state index contributed by atoms with van der Waals surface area (Å²) in [6.07, 6.45) is 6.86. The fourth-order valence-corrected chi connectivity index (χ4v) is 2.24. The molecule has 3 rings (SSSR count). The Kier molecular flexibility index (Phi) is 2.59. The molecule has 0 N–H and O–H groups in total. The Morgan fingerprint density at radius 3 is 2.72 bits per heavy atom. The number of halogens is 1.